The van der Waals surface area contributed by atoms with E-state index < -0.39 is 0 Å². The molecular formula is C10H18O2. The Hall–Kier alpha value is -0.370. The fourth-order valence-electron chi connectivity index (χ4n) is 1.54. The highest BCUT2D eigenvalue weighted by atomic mass is 16.5. The van der Waals surface area contributed by atoms with E-state index in [-0.39, 0.29) is 5.92 Å². The van der Waals surface area contributed by atoms with Gasteiger partial charge in [-0.2, -0.15) is 0 Å². The van der Waals surface area contributed by atoms with E-state index in [0.29, 0.717) is 12.4 Å². The second-order valence-electron chi connectivity index (χ2n) is 3.48. The van der Waals surface area contributed by atoms with E-state index in [1.807, 2.05) is 0 Å². The topological polar surface area (TPSA) is 26.3 Å². The third-order valence-corrected chi connectivity index (χ3v) is 2.41. The van der Waals surface area contributed by atoms with Crippen LogP contribution in [0.1, 0.15) is 39.0 Å². The van der Waals surface area contributed by atoms with Crippen molar-refractivity contribution in [3.63, 3.8) is 0 Å². The second kappa shape index (κ2) is 5.31. The van der Waals surface area contributed by atoms with Crippen molar-refractivity contribution in [2.45, 2.75) is 39.0 Å². The summed E-state index contributed by atoms with van der Waals surface area (Å²) in [4.78, 5) is 11.4. The molecule has 2 nitrogen and oxygen atoms in total. The van der Waals surface area contributed by atoms with Gasteiger partial charge in [-0.3, -0.25) is 4.79 Å². The van der Waals surface area contributed by atoms with Crippen molar-refractivity contribution in [2.24, 2.45) is 5.92 Å². The maximum Gasteiger partial charge on any atom is 0.138 e. The molecular weight excluding hydrogens is 152 g/mol. The van der Waals surface area contributed by atoms with Crippen LogP contribution in [-0.4, -0.2) is 19.0 Å². The van der Waals surface area contributed by atoms with Gasteiger partial charge in [-0.25, -0.2) is 0 Å². The minimum absolute atomic E-state index is 0.224. The predicted octanol–water partition coefficient (Wildman–Crippen LogP) is 2.17. The molecule has 0 amide bonds. The zero-order chi connectivity index (χ0) is 8.81. The predicted molar refractivity (Wildman–Crippen MR) is 48.1 cm³/mol. The maximum atomic E-state index is 11.4. The molecule has 12 heavy (non-hydrogen) atoms. The van der Waals surface area contributed by atoms with Gasteiger partial charge in [-0.1, -0.05) is 19.8 Å². The van der Waals surface area contributed by atoms with E-state index in [4.69, 9.17) is 4.74 Å². The maximum absolute atomic E-state index is 11.4. The lowest BCUT2D eigenvalue weighted by molar-refractivity contribution is -0.122. The summed E-state index contributed by atoms with van der Waals surface area (Å²) in [6, 6.07) is 0. The molecule has 0 radical (unpaired) electrons. The summed E-state index contributed by atoms with van der Waals surface area (Å²) in [7, 11) is 0. The van der Waals surface area contributed by atoms with Crippen molar-refractivity contribution in [1.29, 1.82) is 0 Å². The molecule has 0 N–H and O–H groups in total. The molecule has 70 valence electrons. The third kappa shape index (κ3) is 2.94. The van der Waals surface area contributed by atoms with E-state index in [2.05, 4.69) is 6.92 Å². The first-order valence-electron chi connectivity index (χ1n) is 4.95. The molecule has 0 aromatic carbocycles. The van der Waals surface area contributed by atoms with Gasteiger partial charge in [0.2, 0.25) is 0 Å². The average molecular weight is 170 g/mol. The molecule has 0 aliphatic carbocycles. The zero-order valence-electron chi connectivity index (χ0n) is 7.84. The summed E-state index contributed by atoms with van der Waals surface area (Å²) in [5, 5.41) is 0. The standard InChI is InChI=1S/C10H18O2/c1-2-3-4-5-10(11)9-6-7-12-8-9/h9H,2-8H2,1H3. The number of hydrogen-bond acceptors (Lipinski definition) is 2. The van der Waals surface area contributed by atoms with Crippen LogP contribution in [0.25, 0.3) is 0 Å². The summed E-state index contributed by atoms with van der Waals surface area (Å²) in [6.07, 6.45) is 5.15. The van der Waals surface area contributed by atoms with E-state index in [0.717, 1.165) is 25.9 Å². The van der Waals surface area contributed by atoms with Gasteiger partial charge < -0.3 is 4.74 Å². The van der Waals surface area contributed by atoms with Crippen LogP contribution in [0.2, 0.25) is 0 Å². The molecule has 0 aromatic rings. The molecule has 1 unspecified atom stereocenters. The molecule has 0 saturated carbocycles. The molecule has 0 bridgehead atoms. The molecule has 0 aromatic heterocycles. The van der Waals surface area contributed by atoms with Crippen molar-refractivity contribution in [3.8, 4) is 0 Å². The van der Waals surface area contributed by atoms with Crippen molar-refractivity contribution < 1.29 is 9.53 Å². The summed E-state index contributed by atoms with van der Waals surface area (Å²) in [5.41, 5.74) is 0. The lowest BCUT2D eigenvalue weighted by atomic mass is 9.99. The van der Waals surface area contributed by atoms with Gasteiger partial charge >= 0.3 is 0 Å². The number of carbonyl (C=O) groups is 1. The lowest BCUT2D eigenvalue weighted by Gasteiger charge is -2.04. The highest BCUT2D eigenvalue weighted by Crippen LogP contribution is 2.16. The fourth-order valence-corrected chi connectivity index (χ4v) is 1.54. The number of hydrogen-bond donors (Lipinski definition) is 0. The number of rotatable bonds is 5. The Labute approximate surface area is 74.3 Å². The normalized spacial score (nSPS) is 22.9. The van der Waals surface area contributed by atoms with Crippen LogP contribution >= 0.6 is 0 Å². The van der Waals surface area contributed by atoms with E-state index >= 15 is 0 Å². The Morgan fingerprint density at radius 3 is 2.92 bits per heavy atom. The summed E-state index contributed by atoms with van der Waals surface area (Å²) >= 11 is 0. The lowest BCUT2D eigenvalue weighted by Crippen LogP contribution is -2.13. The second-order valence-corrected chi connectivity index (χ2v) is 3.48. The first-order chi connectivity index (χ1) is 5.84. The third-order valence-electron chi connectivity index (χ3n) is 2.41. The minimum atomic E-state index is 0.224. The smallest absolute Gasteiger partial charge is 0.138 e. The number of Topliss-reactive ketones (excluding diaryl/α,β-unsaturated/α-hetero) is 1. The van der Waals surface area contributed by atoms with Gasteiger partial charge in [0.05, 0.1) is 6.61 Å². The van der Waals surface area contributed by atoms with Crippen LogP contribution in [-0.2, 0) is 9.53 Å². The van der Waals surface area contributed by atoms with Crippen molar-refractivity contribution >= 4 is 5.78 Å². The molecule has 1 rings (SSSR count). The molecule has 0 spiro atoms. The average Bonchev–Trinajstić information content (AvgIpc) is 2.56. The number of ketones is 1. The van der Waals surface area contributed by atoms with Gasteiger partial charge in [0.15, 0.2) is 0 Å². The molecule has 1 atom stereocenters. The Bertz CT molecular complexity index is 137. The summed E-state index contributed by atoms with van der Waals surface area (Å²) in [6.45, 7) is 3.61. The Morgan fingerprint density at radius 2 is 2.33 bits per heavy atom. The van der Waals surface area contributed by atoms with Crippen LogP contribution in [0.3, 0.4) is 0 Å². The number of unbranched alkanes of at least 4 members (excludes halogenated alkanes) is 2. The first kappa shape index (κ1) is 9.72. The van der Waals surface area contributed by atoms with Crippen LogP contribution in [0.4, 0.5) is 0 Å². The van der Waals surface area contributed by atoms with E-state index in [1.54, 1.807) is 0 Å². The van der Waals surface area contributed by atoms with Crippen LogP contribution in [0.5, 0.6) is 0 Å². The van der Waals surface area contributed by atoms with Crippen molar-refractivity contribution in [3.05, 3.63) is 0 Å². The van der Waals surface area contributed by atoms with E-state index in [1.165, 1.54) is 12.8 Å². The van der Waals surface area contributed by atoms with Crippen LogP contribution < -0.4 is 0 Å². The highest BCUT2D eigenvalue weighted by molar-refractivity contribution is 5.81. The molecule has 1 aliphatic heterocycles. The SMILES string of the molecule is CCCCCC(=O)C1CCOC1. The van der Waals surface area contributed by atoms with Gasteiger partial charge in [0, 0.05) is 18.9 Å². The van der Waals surface area contributed by atoms with Crippen molar-refractivity contribution in [1.82, 2.24) is 0 Å². The Morgan fingerprint density at radius 1 is 1.50 bits per heavy atom. The van der Waals surface area contributed by atoms with Crippen molar-refractivity contribution in [2.75, 3.05) is 13.2 Å². The molecule has 1 saturated heterocycles. The Balaban J connectivity index is 2.10. The van der Waals surface area contributed by atoms with Gasteiger partial charge in [-0.05, 0) is 12.8 Å². The molecule has 1 fully saturated rings. The van der Waals surface area contributed by atoms with Crippen LogP contribution in [0, 0.1) is 5.92 Å². The summed E-state index contributed by atoms with van der Waals surface area (Å²) < 4.78 is 5.16. The van der Waals surface area contributed by atoms with Crippen LogP contribution in [0.15, 0.2) is 0 Å². The largest absolute Gasteiger partial charge is 0.381 e. The van der Waals surface area contributed by atoms with Gasteiger partial charge in [-0.15, -0.1) is 0 Å². The summed E-state index contributed by atoms with van der Waals surface area (Å²) in [5.74, 6) is 0.641. The molecule has 1 aliphatic rings. The fraction of sp³-hybridized carbons (Fsp3) is 0.900. The first-order valence-corrected chi connectivity index (χ1v) is 4.95. The quantitative estimate of drug-likeness (QED) is 0.591. The van der Waals surface area contributed by atoms with Gasteiger partial charge in [0.1, 0.15) is 5.78 Å². The highest BCUT2D eigenvalue weighted by Gasteiger charge is 2.22. The Kier molecular flexibility index (Phi) is 4.30. The number of carbonyl (C=O) groups excluding carboxylic acids is 1. The monoisotopic (exact) mass is 170 g/mol. The minimum Gasteiger partial charge on any atom is -0.381 e. The molecule has 1 heterocycles. The van der Waals surface area contributed by atoms with Gasteiger partial charge in [0.25, 0.3) is 0 Å². The zero-order valence-corrected chi connectivity index (χ0v) is 7.84. The van der Waals surface area contributed by atoms with E-state index in [9.17, 15) is 4.79 Å². The number of ether oxygens (including phenoxy) is 1. The molecule has 2 heteroatoms.